The molecule has 0 saturated heterocycles. The number of esters is 1. The van der Waals surface area contributed by atoms with Gasteiger partial charge in [0.2, 0.25) is 11.7 Å². The van der Waals surface area contributed by atoms with Crippen LogP contribution in [0.3, 0.4) is 0 Å². The summed E-state index contributed by atoms with van der Waals surface area (Å²) in [5.74, 6) is 0.679. The van der Waals surface area contributed by atoms with E-state index in [9.17, 15) is 4.79 Å². The van der Waals surface area contributed by atoms with Crippen molar-refractivity contribution in [2.24, 2.45) is 0 Å². The maximum absolute atomic E-state index is 11.9. The average molecular weight is 342 g/mol. The minimum absolute atomic E-state index is 0.264. The Hall–Kier alpha value is -1.14. The molecule has 2 heterocycles. The van der Waals surface area contributed by atoms with Crippen molar-refractivity contribution in [1.82, 2.24) is 4.98 Å². The molecule has 0 unspecified atom stereocenters. The van der Waals surface area contributed by atoms with Crippen molar-refractivity contribution in [3.63, 3.8) is 0 Å². The zero-order valence-corrected chi connectivity index (χ0v) is 12.7. The lowest BCUT2D eigenvalue weighted by molar-refractivity contribution is 0.0489. The summed E-state index contributed by atoms with van der Waals surface area (Å²) in [7, 11) is 0. The number of halogens is 1. The minimum Gasteiger partial charge on any atom is -0.460 e. The Labute approximate surface area is 122 Å². The second-order valence-electron chi connectivity index (χ2n) is 4.33. The topological polar surface area (TPSA) is 52.3 Å². The molecule has 2 aromatic heterocycles. The molecule has 0 radical (unpaired) electrons. The van der Waals surface area contributed by atoms with Gasteiger partial charge in [-0.3, -0.25) is 0 Å². The Morgan fingerprint density at radius 1 is 1.63 bits per heavy atom. The van der Waals surface area contributed by atoms with Crippen LogP contribution in [0.5, 0.6) is 0 Å². The van der Waals surface area contributed by atoms with Gasteiger partial charge in [0.1, 0.15) is 4.88 Å². The predicted molar refractivity (Wildman–Crippen MR) is 75.4 cm³/mol. The molecule has 1 fully saturated rings. The van der Waals surface area contributed by atoms with E-state index in [1.807, 2.05) is 11.4 Å². The van der Waals surface area contributed by atoms with E-state index in [0.29, 0.717) is 18.4 Å². The number of carbonyl (C=O) groups is 1. The maximum atomic E-state index is 11.9. The molecule has 0 aromatic carbocycles. The van der Waals surface area contributed by atoms with Crippen LogP contribution < -0.4 is 0 Å². The number of nitrogens with zero attached hydrogens (tertiary/aromatic N) is 1. The molecule has 6 heteroatoms. The lowest BCUT2D eigenvalue weighted by atomic mass is 10.2. The van der Waals surface area contributed by atoms with E-state index in [0.717, 1.165) is 27.9 Å². The van der Waals surface area contributed by atoms with E-state index in [1.54, 1.807) is 6.92 Å². The molecule has 19 heavy (non-hydrogen) atoms. The molecule has 3 rings (SSSR count). The molecule has 0 atom stereocenters. The first kappa shape index (κ1) is 12.9. The standard InChI is InChI=1S/C13H12BrNO3S/c1-2-17-13(16)10-9(7-3-4-7)15-12(18-10)11-8(14)5-6-19-11/h5-7H,2-4H2,1H3. The Balaban J connectivity index is 2.01. The monoisotopic (exact) mass is 341 g/mol. The number of ether oxygens (including phenoxy) is 1. The third kappa shape index (κ3) is 2.47. The van der Waals surface area contributed by atoms with Crippen LogP contribution in [-0.4, -0.2) is 17.6 Å². The quantitative estimate of drug-likeness (QED) is 0.781. The largest absolute Gasteiger partial charge is 0.460 e. The van der Waals surface area contributed by atoms with Crippen molar-refractivity contribution in [2.45, 2.75) is 25.7 Å². The fraction of sp³-hybridized carbons (Fsp3) is 0.385. The third-order valence-electron chi connectivity index (χ3n) is 2.89. The van der Waals surface area contributed by atoms with Gasteiger partial charge in [-0.05, 0) is 47.1 Å². The fourth-order valence-electron chi connectivity index (χ4n) is 1.85. The van der Waals surface area contributed by atoms with Crippen LogP contribution in [-0.2, 0) is 4.74 Å². The summed E-state index contributed by atoms with van der Waals surface area (Å²) in [6, 6.07) is 1.94. The molecule has 0 spiro atoms. The maximum Gasteiger partial charge on any atom is 0.376 e. The van der Waals surface area contributed by atoms with Crippen molar-refractivity contribution in [3.8, 4) is 10.8 Å². The van der Waals surface area contributed by atoms with Gasteiger partial charge in [0.25, 0.3) is 0 Å². The normalized spacial score (nSPS) is 14.6. The van der Waals surface area contributed by atoms with E-state index < -0.39 is 5.97 Å². The van der Waals surface area contributed by atoms with Crippen LogP contribution in [0.25, 0.3) is 10.8 Å². The molecule has 100 valence electrons. The highest BCUT2D eigenvalue weighted by Gasteiger charge is 2.34. The summed E-state index contributed by atoms with van der Waals surface area (Å²) in [5, 5.41) is 1.95. The van der Waals surface area contributed by atoms with Crippen LogP contribution in [0.1, 0.15) is 41.9 Å². The molecule has 4 nitrogen and oxygen atoms in total. The zero-order valence-electron chi connectivity index (χ0n) is 10.3. The fourth-order valence-corrected chi connectivity index (χ4v) is 3.32. The van der Waals surface area contributed by atoms with Crippen molar-refractivity contribution in [3.05, 3.63) is 27.4 Å². The average Bonchev–Trinajstić information content (AvgIpc) is 2.99. The van der Waals surface area contributed by atoms with Gasteiger partial charge in [0, 0.05) is 10.4 Å². The van der Waals surface area contributed by atoms with Gasteiger partial charge in [-0.1, -0.05) is 0 Å². The number of carbonyl (C=O) groups excluding carboxylic acids is 1. The van der Waals surface area contributed by atoms with Crippen LogP contribution in [0.15, 0.2) is 20.3 Å². The summed E-state index contributed by atoms with van der Waals surface area (Å²) >= 11 is 4.98. The van der Waals surface area contributed by atoms with Gasteiger partial charge in [-0.15, -0.1) is 11.3 Å². The Morgan fingerprint density at radius 3 is 3.00 bits per heavy atom. The van der Waals surface area contributed by atoms with Gasteiger partial charge in [0.05, 0.1) is 12.3 Å². The van der Waals surface area contributed by atoms with E-state index in [1.165, 1.54) is 11.3 Å². The van der Waals surface area contributed by atoms with Crippen LogP contribution in [0.2, 0.25) is 0 Å². The minimum atomic E-state index is -0.421. The van der Waals surface area contributed by atoms with Crippen molar-refractivity contribution in [1.29, 1.82) is 0 Å². The smallest absolute Gasteiger partial charge is 0.376 e. The highest BCUT2D eigenvalue weighted by Crippen LogP contribution is 2.43. The number of oxazole rings is 1. The lowest BCUT2D eigenvalue weighted by Gasteiger charge is -1.98. The third-order valence-corrected chi connectivity index (χ3v) is 4.72. The van der Waals surface area contributed by atoms with Gasteiger partial charge in [0.15, 0.2) is 0 Å². The molecule has 1 saturated carbocycles. The van der Waals surface area contributed by atoms with Gasteiger partial charge in [-0.2, -0.15) is 0 Å². The number of thiophene rings is 1. The molecule has 1 aliphatic rings. The molecule has 0 bridgehead atoms. The highest BCUT2D eigenvalue weighted by atomic mass is 79.9. The first-order valence-corrected chi connectivity index (χ1v) is 7.79. The Morgan fingerprint density at radius 2 is 2.42 bits per heavy atom. The number of aromatic nitrogens is 1. The first-order valence-electron chi connectivity index (χ1n) is 6.12. The number of rotatable bonds is 4. The summed E-state index contributed by atoms with van der Waals surface area (Å²) in [5.41, 5.74) is 0.744. The molecule has 0 N–H and O–H groups in total. The molecule has 0 amide bonds. The van der Waals surface area contributed by atoms with E-state index >= 15 is 0 Å². The summed E-state index contributed by atoms with van der Waals surface area (Å²) in [6.07, 6.45) is 2.12. The second kappa shape index (κ2) is 5.09. The van der Waals surface area contributed by atoms with Crippen molar-refractivity contribution in [2.75, 3.05) is 6.61 Å². The van der Waals surface area contributed by atoms with Crippen LogP contribution in [0.4, 0.5) is 0 Å². The van der Waals surface area contributed by atoms with Gasteiger partial charge < -0.3 is 9.15 Å². The summed E-state index contributed by atoms with van der Waals surface area (Å²) < 4.78 is 11.6. The Kier molecular flexibility index (Phi) is 3.45. The van der Waals surface area contributed by atoms with Crippen molar-refractivity contribution < 1.29 is 13.9 Å². The van der Waals surface area contributed by atoms with Crippen LogP contribution >= 0.6 is 27.3 Å². The van der Waals surface area contributed by atoms with Gasteiger partial charge >= 0.3 is 5.97 Å². The summed E-state index contributed by atoms with van der Waals surface area (Å²) in [4.78, 5) is 17.3. The number of hydrogen-bond acceptors (Lipinski definition) is 5. The predicted octanol–water partition coefficient (Wildman–Crippen LogP) is 4.22. The second-order valence-corrected chi connectivity index (χ2v) is 6.10. The van der Waals surface area contributed by atoms with E-state index in [4.69, 9.17) is 9.15 Å². The zero-order chi connectivity index (χ0) is 13.4. The SMILES string of the molecule is CCOC(=O)c1oc(-c2sccc2Br)nc1C1CC1. The molecule has 0 aliphatic heterocycles. The van der Waals surface area contributed by atoms with E-state index in [-0.39, 0.29) is 5.76 Å². The molecule has 2 aromatic rings. The van der Waals surface area contributed by atoms with E-state index in [2.05, 4.69) is 20.9 Å². The number of hydrogen-bond donors (Lipinski definition) is 0. The Bertz CT molecular complexity index is 615. The van der Waals surface area contributed by atoms with Crippen LogP contribution in [0, 0.1) is 0 Å². The molecule has 1 aliphatic carbocycles. The highest BCUT2D eigenvalue weighted by molar-refractivity contribution is 9.10. The first-order chi connectivity index (χ1) is 9.20. The summed E-state index contributed by atoms with van der Waals surface area (Å²) in [6.45, 7) is 2.11. The lowest BCUT2D eigenvalue weighted by Crippen LogP contribution is -2.05. The van der Waals surface area contributed by atoms with Gasteiger partial charge in [-0.25, -0.2) is 9.78 Å². The van der Waals surface area contributed by atoms with Crippen molar-refractivity contribution >= 4 is 33.2 Å². The molecular formula is C13H12BrNO3S. The molecular weight excluding hydrogens is 330 g/mol.